The maximum absolute atomic E-state index is 13.3. The normalized spacial score (nSPS) is 15.9. The lowest BCUT2D eigenvalue weighted by Gasteiger charge is -2.26. The molecule has 0 aliphatic heterocycles. The van der Waals surface area contributed by atoms with E-state index in [9.17, 15) is 14.7 Å². The van der Waals surface area contributed by atoms with Gasteiger partial charge in [0.1, 0.15) is 6.04 Å². The zero-order valence-electron chi connectivity index (χ0n) is 21.9. The van der Waals surface area contributed by atoms with Crippen molar-refractivity contribution in [1.82, 2.24) is 5.32 Å². The van der Waals surface area contributed by atoms with Gasteiger partial charge in [-0.2, -0.15) is 11.8 Å². The minimum absolute atomic E-state index is 0.241. The second-order valence-corrected chi connectivity index (χ2v) is 10.9. The van der Waals surface area contributed by atoms with Crippen LogP contribution in [0.5, 0.6) is 0 Å². The highest BCUT2D eigenvalue weighted by Gasteiger charge is 2.23. The van der Waals surface area contributed by atoms with E-state index in [0.717, 1.165) is 41.0 Å². The quantitative estimate of drug-likeness (QED) is 0.307. The van der Waals surface area contributed by atoms with Crippen LogP contribution < -0.4 is 5.32 Å². The Balaban J connectivity index is 1.81. The first-order chi connectivity index (χ1) is 17.4. The van der Waals surface area contributed by atoms with Gasteiger partial charge in [-0.25, -0.2) is 4.79 Å². The van der Waals surface area contributed by atoms with E-state index in [1.54, 1.807) is 11.8 Å². The van der Waals surface area contributed by atoms with E-state index < -0.39 is 12.0 Å². The standard InChI is InChI=1S/C30H41NO4S/c1-4-24(18-22-11-6-5-7-12-22)35-20-23-14-15-26(27(19-23)25-13-9-8-10-21(25)2)29(32)31-28(30(33)34)16-17-36-3/h8-10,13-15,19,22,24,28H,4-7,11-12,16-18,20H2,1-3H3,(H,31,32)(H,33,34)/t24-,28?/m0/s1. The van der Waals surface area contributed by atoms with E-state index in [2.05, 4.69) is 12.2 Å². The molecule has 0 saturated heterocycles. The fourth-order valence-electron chi connectivity index (χ4n) is 5.07. The molecule has 0 spiro atoms. The number of carboxylic acids is 1. The van der Waals surface area contributed by atoms with Crippen molar-refractivity contribution >= 4 is 23.6 Å². The summed E-state index contributed by atoms with van der Waals surface area (Å²) in [6, 6.07) is 12.8. The molecule has 3 rings (SSSR count). The second-order valence-electron chi connectivity index (χ2n) is 9.92. The molecule has 1 unspecified atom stereocenters. The van der Waals surface area contributed by atoms with Crippen molar-refractivity contribution in [1.29, 1.82) is 0 Å². The van der Waals surface area contributed by atoms with Crippen molar-refractivity contribution in [2.75, 3.05) is 12.0 Å². The van der Waals surface area contributed by atoms with Crippen LogP contribution in [0.2, 0.25) is 0 Å². The minimum atomic E-state index is -1.01. The van der Waals surface area contributed by atoms with Crippen molar-refractivity contribution in [3.8, 4) is 11.1 Å². The number of nitrogens with one attached hydrogen (secondary N) is 1. The van der Waals surface area contributed by atoms with E-state index in [-0.39, 0.29) is 12.0 Å². The Morgan fingerprint density at radius 1 is 1.11 bits per heavy atom. The minimum Gasteiger partial charge on any atom is -0.480 e. The predicted octanol–water partition coefficient (Wildman–Crippen LogP) is 6.86. The number of hydrogen-bond donors (Lipinski definition) is 2. The number of carboxylic acid groups (broad SMARTS) is 1. The lowest BCUT2D eigenvalue weighted by molar-refractivity contribution is -0.139. The zero-order chi connectivity index (χ0) is 25.9. The molecule has 1 aliphatic rings. The third kappa shape index (κ3) is 8.10. The molecule has 36 heavy (non-hydrogen) atoms. The van der Waals surface area contributed by atoms with Gasteiger partial charge in [-0.15, -0.1) is 0 Å². The molecule has 5 nitrogen and oxygen atoms in total. The molecule has 0 bridgehead atoms. The van der Waals surface area contributed by atoms with E-state index >= 15 is 0 Å². The summed E-state index contributed by atoms with van der Waals surface area (Å²) in [7, 11) is 0. The van der Waals surface area contributed by atoms with Crippen LogP contribution in [0.15, 0.2) is 42.5 Å². The average molecular weight is 512 g/mol. The number of amides is 1. The number of rotatable bonds is 13. The van der Waals surface area contributed by atoms with Crippen molar-refractivity contribution < 1.29 is 19.4 Å². The van der Waals surface area contributed by atoms with Gasteiger partial charge in [-0.05, 0) is 78.5 Å². The maximum atomic E-state index is 13.3. The van der Waals surface area contributed by atoms with E-state index in [1.807, 2.05) is 55.6 Å². The fourth-order valence-corrected chi connectivity index (χ4v) is 5.54. The Labute approximate surface area is 220 Å². The zero-order valence-corrected chi connectivity index (χ0v) is 22.7. The summed E-state index contributed by atoms with van der Waals surface area (Å²) in [6.07, 6.45) is 11.3. The van der Waals surface area contributed by atoms with Gasteiger partial charge in [0.05, 0.1) is 12.7 Å². The first-order valence-electron chi connectivity index (χ1n) is 13.3. The van der Waals surface area contributed by atoms with Gasteiger partial charge < -0.3 is 15.2 Å². The number of aryl methyl sites for hydroxylation is 1. The third-order valence-corrected chi connectivity index (χ3v) is 7.88. The summed E-state index contributed by atoms with van der Waals surface area (Å²) in [6.45, 7) is 4.71. The highest BCUT2D eigenvalue weighted by molar-refractivity contribution is 7.98. The Hall–Kier alpha value is -2.31. The summed E-state index contributed by atoms with van der Waals surface area (Å²) in [5, 5.41) is 12.3. The van der Waals surface area contributed by atoms with Crippen LogP contribution in [-0.2, 0) is 16.1 Å². The number of carbonyl (C=O) groups is 2. The Morgan fingerprint density at radius 2 is 1.86 bits per heavy atom. The smallest absolute Gasteiger partial charge is 0.326 e. The molecule has 2 N–H and O–H groups in total. The lowest BCUT2D eigenvalue weighted by atomic mass is 9.85. The van der Waals surface area contributed by atoms with Gasteiger partial charge in [0.2, 0.25) is 0 Å². The Bertz CT molecular complexity index is 1000. The molecule has 2 atom stereocenters. The number of benzene rings is 2. The molecular weight excluding hydrogens is 470 g/mol. The SMILES string of the molecule is CC[C@@H](CC1CCCCC1)OCc1ccc(C(=O)NC(CCSC)C(=O)O)c(-c2ccccc2C)c1. The molecule has 196 valence electrons. The van der Waals surface area contributed by atoms with Crippen LogP contribution in [0, 0.1) is 12.8 Å². The van der Waals surface area contributed by atoms with E-state index in [4.69, 9.17) is 4.74 Å². The third-order valence-electron chi connectivity index (χ3n) is 7.24. The van der Waals surface area contributed by atoms with Gasteiger partial charge >= 0.3 is 5.97 Å². The van der Waals surface area contributed by atoms with Gasteiger partial charge in [-0.1, -0.05) is 69.4 Å². The molecule has 0 aromatic heterocycles. The number of hydrogen-bond acceptors (Lipinski definition) is 4. The Morgan fingerprint density at radius 3 is 2.53 bits per heavy atom. The monoisotopic (exact) mass is 511 g/mol. The lowest BCUT2D eigenvalue weighted by Crippen LogP contribution is -2.41. The fraction of sp³-hybridized carbons (Fsp3) is 0.533. The maximum Gasteiger partial charge on any atom is 0.326 e. The molecule has 1 aliphatic carbocycles. The van der Waals surface area contributed by atoms with Gasteiger partial charge in [-0.3, -0.25) is 4.79 Å². The van der Waals surface area contributed by atoms with E-state index in [1.165, 1.54) is 32.1 Å². The first kappa shape index (κ1) is 28.3. The number of thioether (sulfide) groups is 1. The summed E-state index contributed by atoms with van der Waals surface area (Å²) in [4.78, 5) is 25.0. The molecular formula is C30H41NO4S. The van der Waals surface area contributed by atoms with Gasteiger partial charge in [0, 0.05) is 5.56 Å². The second kappa shape index (κ2) is 14.4. The highest BCUT2D eigenvalue weighted by atomic mass is 32.2. The predicted molar refractivity (Wildman–Crippen MR) is 149 cm³/mol. The topological polar surface area (TPSA) is 75.6 Å². The summed E-state index contributed by atoms with van der Waals surface area (Å²) in [5.41, 5.74) is 4.34. The number of carbonyl (C=O) groups excluding carboxylic acids is 1. The van der Waals surface area contributed by atoms with Gasteiger partial charge in [0.25, 0.3) is 5.91 Å². The molecule has 2 aromatic rings. The number of ether oxygens (including phenoxy) is 1. The molecule has 1 saturated carbocycles. The summed E-state index contributed by atoms with van der Waals surface area (Å²) in [5.74, 6) is 0.0597. The van der Waals surface area contributed by atoms with Crippen LogP contribution in [-0.4, -0.2) is 41.1 Å². The summed E-state index contributed by atoms with van der Waals surface area (Å²) >= 11 is 1.57. The highest BCUT2D eigenvalue weighted by Crippen LogP contribution is 2.31. The van der Waals surface area contributed by atoms with Crippen LogP contribution >= 0.6 is 11.8 Å². The number of aliphatic carboxylic acids is 1. The first-order valence-corrected chi connectivity index (χ1v) is 14.6. The largest absolute Gasteiger partial charge is 0.480 e. The molecule has 2 aromatic carbocycles. The van der Waals surface area contributed by atoms with E-state index in [0.29, 0.717) is 24.3 Å². The molecule has 6 heteroatoms. The molecule has 1 fully saturated rings. The van der Waals surface area contributed by atoms with Crippen molar-refractivity contribution in [3.63, 3.8) is 0 Å². The molecule has 0 heterocycles. The molecule has 1 amide bonds. The van der Waals surface area contributed by atoms with Crippen LogP contribution in [0.3, 0.4) is 0 Å². The Kier molecular flexibility index (Phi) is 11.3. The summed E-state index contributed by atoms with van der Waals surface area (Å²) < 4.78 is 6.36. The van der Waals surface area contributed by atoms with Crippen molar-refractivity contribution in [3.05, 3.63) is 59.2 Å². The van der Waals surface area contributed by atoms with Crippen LogP contribution in [0.1, 0.15) is 79.8 Å². The van der Waals surface area contributed by atoms with Crippen molar-refractivity contribution in [2.45, 2.75) is 84.0 Å². The van der Waals surface area contributed by atoms with Crippen molar-refractivity contribution in [2.24, 2.45) is 5.92 Å². The van der Waals surface area contributed by atoms with Gasteiger partial charge in [0.15, 0.2) is 0 Å². The van der Waals surface area contributed by atoms with Crippen LogP contribution in [0.25, 0.3) is 11.1 Å². The average Bonchev–Trinajstić information content (AvgIpc) is 2.89. The molecule has 0 radical (unpaired) electrons. The van der Waals surface area contributed by atoms with Crippen LogP contribution in [0.4, 0.5) is 0 Å².